The van der Waals surface area contributed by atoms with Gasteiger partial charge in [-0.2, -0.15) is 0 Å². The zero-order chi connectivity index (χ0) is 22.4. The summed E-state index contributed by atoms with van der Waals surface area (Å²) in [5.41, 5.74) is 3.53. The fraction of sp³-hybridized carbons (Fsp3) is 0.462. The Morgan fingerprint density at radius 1 is 0.812 bits per heavy atom. The summed E-state index contributed by atoms with van der Waals surface area (Å²) in [5, 5.41) is 10.1. The van der Waals surface area contributed by atoms with E-state index in [4.69, 9.17) is 0 Å². The lowest BCUT2D eigenvalue weighted by molar-refractivity contribution is 0.0980. The second-order valence-corrected chi connectivity index (χ2v) is 8.91. The quantitative estimate of drug-likeness (QED) is 0.323. The van der Waals surface area contributed by atoms with Gasteiger partial charge in [-0.05, 0) is 51.8 Å². The highest BCUT2D eigenvalue weighted by Crippen LogP contribution is 2.36. The Hall–Kier alpha value is -2.37. The average molecular weight is 458 g/mol. The summed E-state index contributed by atoms with van der Waals surface area (Å²) in [5.74, 6) is -0.187. The molecule has 0 saturated heterocycles. The van der Waals surface area contributed by atoms with Gasteiger partial charge in [-0.3, -0.25) is 9.59 Å². The van der Waals surface area contributed by atoms with E-state index in [1.54, 1.807) is 31.3 Å². The fourth-order valence-electron chi connectivity index (χ4n) is 4.22. The van der Waals surface area contributed by atoms with Crippen molar-refractivity contribution >= 4 is 35.3 Å². The van der Waals surface area contributed by atoms with Crippen LogP contribution in [0, 0.1) is 0 Å². The molecule has 3 N–H and O–H groups in total. The predicted molar refractivity (Wildman–Crippen MR) is 136 cm³/mol. The molecule has 3 rings (SSSR count). The molecule has 0 heterocycles. The van der Waals surface area contributed by atoms with Crippen LogP contribution >= 0.6 is 12.4 Å². The SMILES string of the molecule is CCCNC(C)(C)CCCCCNc1ccc(NC)c2c1C(=O)c1ccccc1C2=O.Cl. The maximum absolute atomic E-state index is 13.2. The molecule has 174 valence electrons. The molecule has 0 atom stereocenters. The second-order valence-electron chi connectivity index (χ2n) is 8.91. The van der Waals surface area contributed by atoms with E-state index in [-0.39, 0.29) is 29.5 Å². The number of carbonyl (C=O) groups excluding carboxylic acids is 2. The first-order valence-electron chi connectivity index (χ1n) is 11.4. The van der Waals surface area contributed by atoms with Crippen LogP contribution in [0.2, 0.25) is 0 Å². The largest absolute Gasteiger partial charge is 0.388 e. The molecule has 2 aromatic rings. The number of rotatable bonds is 11. The van der Waals surface area contributed by atoms with Crippen molar-refractivity contribution in [1.82, 2.24) is 5.32 Å². The van der Waals surface area contributed by atoms with E-state index in [2.05, 4.69) is 36.7 Å². The summed E-state index contributed by atoms with van der Waals surface area (Å²) >= 11 is 0. The van der Waals surface area contributed by atoms with Gasteiger partial charge in [-0.25, -0.2) is 0 Å². The Morgan fingerprint density at radius 2 is 1.41 bits per heavy atom. The molecular formula is C26H36ClN3O2. The van der Waals surface area contributed by atoms with Crippen LogP contribution in [0.4, 0.5) is 11.4 Å². The average Bonchev–Trinajstić information content (AvgIpc) is 2.77. The van der Waals surface area contributed by atoms with Gasteiger partial charge < -0.3 is 16.0 Å². The number of anilines is 2. The zero-order valence-corrected chi connectivity index (χ0v) is 20.5. The molecule has 32 heavy (non-hydrogen) atoms. The molecule has 0 aromatic heterocycles. The van der Waals surface area contributed by atoms with Crippen LogP contribution in [0.5, 0.6) is 0 Å². The number of unbranched alkanes of at least 4 members (excludes halogenated alkanes) is 2. The molecule has 0 spiro atoms. The van der Waals surface area contributed by atoms with Crippen LogP contribution in [-0.4, -0.2) is 37.2 Å². The maximum Gasteiger partial charge on any atom is 0.196 e. The van der Waals surface area contributed by atoms with E-state index in [9.17, 15) is 9.59 Å². The van der Waals surface area contributed by atoms with Gasteiger partial charge in [0.2, 0.25) is 0 Å². The Bertz CT molecular complexity index is 956. The molecule has 0 bridgehead atoms. The monoisotopic (exact) mass is 457 g/mol. The van der Waals surface area contributed by atoms with Crippen molar-refractivity contribution in [1.29, 1.82) is 0 Å². The van der Waals surface area contributed by atoms with Gasteiger partial charge in [0.1, 0.15) is 0 Å². The van der Waals surface area contributed by atoms with Crippen molar-refractivity contribution in [2.75, 3.05) is 30.8 Å². The zero-order valence-electron chi connectivity index (χ0n) is 19.6. The van der Waals surface area contributed by atoms with Gasteiger partial charge in [0.15, 0.2) is 11.6 Å². The van der Waals surface area contributed by atoms with Crippen molar-refractivity contribution < 1.29 is 9.59 Å². The lowest BCUT2D eigenvalue weighted by atomic mass is 9.82. The Labute approximate surface area is 198 Å². The van der Waals surface area contributed by atoms with Gasteiger partial charge >= 0.3 is 0 Å². The molecule has 0 aliphatic heterocycles. The first-order chi connectivity index (χ1) is 14.9. The highest BCUT2D eigenvalue weighted by molar-refractivity contribution is 6.31. The minimum atomic E-state index is -0.0972. The minimum absolute atomic E-state index is 0. The van der Waals surface area contributed by atoms with Gasteiger partial charge in [-0.1, -0.05) is 44.0 Å². The van der Waals surface area contributed by atoms with Crippen molar-refractivity contribution in [3.05, 3.63) is 58.7 Å². The summed E-state index contributed by atoms with van der Waals surface area (Å²) in [7, 11) is 1.78. The molecular weight excluding hydrogens is 422 g/mol. The van der Waals surface area contributed by atoms with Crippen molar-refractivity contribution in [2.45, 2.75) is 58.4 Å². The highest BCUT2D eigenvalue weighted by atomic mass is 35.5. The third-order valence-electron chi connectivity index (χ3n) is 5.99. The van der Waals surface area contributed by atoms with Gasteiger partial charge in [0.05, 0.1) is 11.1 Å². The number of carbonyl (C=O) groups is 2. The lowest BCUT2D eigenvalue weighted by Crippen LogP contribution is -2.39. The van der Waals surface area contributed by atoms with Crippen LogP contribution in [0.3, 0.4) is 0 Å². The van der Waals surface area contributed by atoms with E-state index in [1.807, 2.05) is 12.1 Å². The first-order valence-corrected chi connectivity index (χ1v) is 11.4. The number of fused-ring (bicyclic) bond motifs is 2. The smallest absolute Gasteiger partial charge is 0.196 e. The lowest BCUT2D eigenvalue weighted by Gasteiger charge is -2.26. The number of hydrogen-bond donors (Lipinski definition) is 3. The molecule has 0 radical (unpaired) electrons. The Balaban J connectivity index is 0.00000363. The van der Waals surface area contributed by atoms with E-state index in [0.717, 1.165) is 50.9 Å². The van der Waals surface area contributed by atoms with Crippen LogP contribution in [0.25, 0.3) is 0 Å². The van der Waals surface area contributed by atoms with E-state index >= 15 is 0 Å². The molecule has 0 amide bonds. The van der Waals surface area contributed by atoms with Crippen molar-refractivity contribution in [3.8, 4) is 0 Å². The van der Waals surface area contributed by atoms with Gasteiger partial charge in [0, 0.05) is 41.6 Å². The van der Waals surface area contributed by atoms with E-state index < -0.39 is 0 Å². The van der Waals surface area contributed by atoms with Gasteiger partial charge in [0.25, 0.3) is 0 Å². The van der Waals surface area contributed by atoms with Crippen LogP contribution in [0.15, 0.2) is 36.4 Å². The number of halogens is 1. The van der Waals surface area contributed by atoms with Crippen molar-refractivity contribution in [3.63, 3.8) is 0 Å². The molecule has 1 aliphatic rings. The molecule has 6 heteroatoms. The highest BCUT2D eigenvalue weighted by Gasteiger charge is 2.33. The molecule has 1 aliphatic carbocycles. The standard InChI is InChI=1S/C26H35N3O2.ClH/c1-5-16-29-26(2,3)15-9-6-10-17-28-21-14-13-20(27-4)22-23(21)25(31)19-12-8-7-11-18(19)24(22)30;/h7-8,11-14,27-29H,5-6,9-10,15-17H2,1-4H3;1H. The van der Waals surface area contributed by atoms with E-state index in [1.165, 1.54) is 0 Å². The topological polar surface area (TPSA) is 70.2 Å². The van der Waals surface area contributed by atoms with Crippen LogP contribution < -0.4 is 16.0 Å². The third-order valence-corrected chi connectivity index (χ3v) is 5.99. The van der Waals surface area contributed by atoms with Crippen molar-refractivity contribution in [2.24, 2.45) is 0 Å². The summed E-state index contributed by atoms with van der Waals surface area (Å²) < 4.78 is 0. The molecule has 2 aromatic carbocycles. The molecule has 0 fully saturated rings. The molecule has 0 saturated carbocycles. The van der Waals surface area contributed by atoms with Crippen LogP contribution in [0.1, 0.15) is 84.7 Å². The Kier molecular flexibility index (Phi) is 9.29. The number of nitrogens with one attached hydrogen (secondary N) is 3. The summed E-state index contributed by atoms with van der Waals surface area (Å²) in [6, 6.07) is 10.9. The van der Waals surface area contributed by atoms with Gasteiger partial charge in [-0.15, -0.1) is 12.4 Å². The first kappa shape index (κ1) is 25.9. The maximum atomic E-state index is 13.2. The predicted octanol–water partition coefficient (Wildman–Crippen LogP) is 5.68. The minimum Gasteiger partial charge on any atom is -0.388 e. The third kappa shape index (κ3) is 5.70. The molecule has 5 nitrogen and oxygen atoms in total. The Morgan fingerprint density at radius 3 is 2.00 bits per heavy atom. The summed E-state index contributed by atoms with van der Waals surface area (Å²) in [6.07, 6.45) is 5.59. The number of hydrogen-bond acceptors (Lipinski definition) is 5. The molecule has 0 unspecified atom stereocenters. The van der Waals surface area contributed by atoms with Crippen LogP contribution in [-0.2, 0) is 0 Å². The number of benzene rings is 2. The number of ketones is 2. The fourth-order valence-corrected chi connectivity index (χ4v) is 4.22. The summed E-state index contributed by atoms with van der Waals surface area (Å²) in [6.45, 7) is 8.54. The van der Waals surface area contributed by atoms with E-state index in [0.29, 0.717) is 27.9 Å². The summed E-state index contributed by atoms with van der Waals surface area (Å²) in [4.78, 5) is 26.4. The second kappa shape index (κ2) is 11.5. The normalized spacial score (nSPS) is 12.6.